The largest absolute Gasteiger partial charge is 0.329 e. The maximum atomic E-state index is 5.90. The molecule has 2 nitrogen and oxygen atoms in total. The van der Waals surface area contributed by atoms with E-state index in [9.17, 15) is 0 Å². The standard InChI is InChI=1S/C13H26N2/c1-2-3-7-13(8-14)15-9-11-5-4-6-12(11)10-15/h11-13H,2-10,14H2,1H3. The molecule has 2 aliphatic rings. The van der Waals surface area contributed by atoms with Crippen LogP contribution in [-0.2, 0) is 0 Å². The first kappa shape index (κ1) is 11.4. The Kier molecular flexibility index (Phi) is 4.04. The van der Waals surface area contributed by atoms with Crippen LogP contribution in [0.15, 0.2) is 0 Å². The molecule has 0 radical (unpaired) electrons. The molecule has 2 fully saturated rings. The minimum Gasteiger partial charge on any atom is -0.329 e. The maximum Gasteiger partial charge on any atom is 0.0218 e. The Balaban J connectivity index is 1.82. The molecule has 1 saturated heterocycles. The second kappa shape index (κ2) is 5.31. The Bertz CT molecular complexity index is 181. The molecule has 88 valence electrons. The SMILES string of the molecule is CCCCC(CN)N1CC2CCCC2C1. The molecule has 0 spiro atoms. The molecule has 2 rings (SSSR count). The van der Waals surface area contributed by atoms with Crippen molar-refractivity contribution in [3.05, 3.63) is 0 Å². The third-order valence-corrected chi connectivity index (χ3v) is 4.43. The lowest BCUT2D eigenvalue weighted by atomic mass is 10.0. The smallest absolute Gasteiger partial charge is 0.0218 e. The summed E-state index contributed by atoms with van der Waals surface area (Å²) in [4.78, 5) is 2.68. The van der Waals surface area contributed by atoms with Crippen LogP contribution >= 0.6 is 0 Å². The average molecular weight is 210 g/mol. The van der Waals surface area contributed by atoms with Gasteiger partial charge in [-0.1, -0.05) is 26.2 Å². The molecule has 1 aliphatic carbocycles. The van der Waals surface area contributed by atoms with Gasteiger partial charge in [0.2, 0.25) is 0 Å². The Hall–Kier alpha value is -0.0800. The summed E-state index contributed by atoms with van der Waals surface area (Å²) < 4.78 is 0. The first-order chi connectivity index (χ1) is 7.35. The third-order valence-electron chi connectivity index (χ3n) is 4.43. The molecule has 0 aromatic carbocycles. The van der Waals surface area contributed by atoms with E-state index in [0.29, 0.717) is 6.04 Å². The highest BCUT2D eigenvalue weighted by Crippen LogP contribution is 2.38. The van der Waals surface area contributed by atoms with E-state index in [1.54, 1.807) is 0 Å². The highest BCUT2D eigenvalue weighted by atomic mass is 15.2. The fraction of sp³-hybridized carbons (Fsp3) is 1.00. The first-order valence-electron chi connectivity index (χ1n) is 6.79. The molecule has 0 aromatic rings. The van der Waals surface area contributed by atoms with Crippen LogP contribution in [0.5, 0.6) is 0 Å². The Labute approximate surface area is 94.2 Å². The Morgan fingerprint density at radius 1 is 1.27 bits per heavy atom. The zero-order valence-corrected chi connectivity index (χ0v) is 10.1. The number of rotatable bonds is 5. The van der Waals surface area contributed by atoms with E-state index >= 15 is 0 Å². The summed E-state index contributed by atoms with van der Waals surface area (Å²) in [6.45, 7) is 5.82. The van der Waals surface area contributed by atoms with Crippen molar-refractivity contribution >= 4 is 0 Å². The topological polar surface area (TPSA) is 29.3 Å². The van der Waals surface area contributed by atoms with Gasteiger partial charge in [0.25, 0.3) is 0 Å². The van der Waals surface area contributed by atoms with Gasteiger partial charge in [0.15, 0.2) is 0 Å². The van der Waals surface area contributed by atoms with Gasteiger partial charge in [-0.25, -0.2) is 0 Å². The van der Waals surface area contributed by atoms with Crippen molar-refractivity contribution in [2.24, 2.45) is 17.6 Å². The summed E-state index contributed by atoms with van der Waals surface area (Å²) in [5.41, 5.74) is 5.90. The van der Waals surface area contributed by atoms with E-state index in [2.05, 4.69) is 11.8 Å². The Morgan fingerprint density at radius 2 is 1.93 bits per heavy atom. The summed E-state index contributed by atoms with van der Waals surface area (Å²) in [6, 6.07) is 0.676. The molecular weight excluding hydrogens is 184 g/mol. The van der Waals surface area contributed by atoms with Crippen molar-refractivity contribution in [3.8, 4) is 0 Å². The Morgan fingerprint density at radius 3 is 2.47 bits per heavy atom. The van der Waals surface area contributed by atoms with Gasteiger partial charge < -0.3 is 5.73 Å². The van der Waals surface area contributed by atoms with Crippen LogP contribution < -0.4 is 5.73 Å². The molecule has 1 aliphatic heterocycles. The van der Waals surface area contributed by atoms with E-state index in [0.717, 1.165) is 18.4 Å². The fourth-order valence-corrected chi connectivity index (χ4v) is 3.46. The van der Waals surface area contributed by atoms with E-state index in [1.165, 1.54) is 51.6 Å². The van der Waals surface area contributed by atoms with E-state index in [1.807, 2.05) is 0 Å². The van der Waals surface area contributed by atoms with Crippen LogP contribution in [0.1, 0.15) is 45.4 Å². The normalized spacial score (nSPS) is 33.2. The van der Waals surface area contributed by atoms with E-state index in [-0.39, 0.29) is 0 Å². The summed E-state index contributed by atoms with van der Waals surface area (Å²) in [5.74, 6) is 2.03. The second-order valence-electron chi connectivity index (χ2n) is 5.44. The lowest BCUT2D eigenvalue weighted by Crippen LogP contribution is -2.39. The predicted octanol–water partition coefficient (Wildman–Crippen LogP) is 2.24. The van der Waals surface area contributed by atoms with Gasteiger partial charge in [-0.15, -0.1) is 0 Å². The summed E-state index contributed by atoms with van der Waals surface area (Å²) in [7, 11) is 0. The number of unbranched alkanes of at least 4 members (excludes halogenated alkanes) is 1. The lowest BCUT2D eigenvalue weighted by Gasteiger charge is -2.27. The van der Waals surface area contributed by atoms with Crippen LogP contribution in [0.3, 0.4) is 0 Å². The zero-order chi connectivity index (χ0) is 10.7. The second-order valence-corrected chi connectivity index (χ2v) is 5.44. The number of nitrogens with zero attached hydrogens (tertiary/aromatic N) is 1. The average Bonchev–Trinajstić information content (AvgIpc) is 2.79. The number of fused-ring (bicyclic) bond motifs is 1. The maximum absolute atomic E-state index is 5.90. The van der Waals surface area contributed by atoms with Crippen molar-refractivity contribution in [3.63, 3.8) is 0 Å². The zero-order valence-electron chi connectivity index (χ0n) is 10.1. The van der Waals surface area contributed by atoms with Gasteiger partial charge in [0.1, 0.15) is 0 Å². The minimum atomic E-state index is 0.676. The molecule has 15 heavy (non-hydrogen) atoms. The third kappa shape index (κ3) is 2.54. The monoisotopic (exact) mass is 210 g/mol. The van der Waals surface area contributed by atoms with Crippen molar-refractivity contribution in [2.75, 3.05) is 19.6 Å². The van der Waals surface area contributed by atoms with Crippen LogP contribution in [0.4, 0.5) is 0 Å². The number of hydrogen-bond acceptors (Lipinski definition) is 2. The molecular formula is C13H26N2. The van der Waals surface area contributed by atoms with Crippen molar-refractivity contribution < 1.29 is 0 Å². The van der Waals surface area contributed by atoms with Crippen LogP contribution in [0, 0.1) is 11.8 Å². The quantitative estimate of drug-likeness (QED) is 0.754. The van der Waals surface area contributed by atoms with Gasteiger partial charge in [-0.05, 0) is 31.1 Å². The molecule has 3 atom stereocenters. The van der Waals surface area contributed by atoms with E-state index in [4.69, 9.17) is 5.73 Å². The van der Waals surface area contributed by atoms with Crippen molar-refractivity contribution in [1.82, 2.24) is 4.90 Å². The van der Waals surface area contributed by atoms with Gasteiger partial charge in [-0.3, -0.25) is 4.90 Å². The number of nitrogens with two attached hydrogens (primary N) is 1. The van der Waals surface area contributed by atoms with Crippen LogP contribution in [0.25, 0.3) is 0 Å². The summed E-state index contributed by atoms with van der Waals surface area (Å²) in [6.07, 6.45) is 8.39. The molecule has 0 bridgehead atoms. The molecule has 2 heteroatoms. The molecule has 0 amide bonds. The number of likely N-dealkylation sites (tertiary alicyclic amines) is 1. The van der Waals surface area contributed by atoms with Crippen LogP contribution in [-0.4, -0.2) is 30.6 Å². The summed E-state index contributed by atoms with van der Waals surface area (Å²) >= 11 is 0. The first-order valence-corrected chi connectivity index (χ1v) is 6.79. The van der Waals surface area contributed by atoms with Gasteiger partial charge in [-0.2, -0.15) is 0 Å². The van der Waals surface area contributed by atoms with Gasteiger partial charge in [0.05, 0.1) is 0 Å². The molecule has 1 saturated carbocycles. The van der Waals surface area contributed by atoms with Gasteiger partial charge >= 0.3 is 0 Å². The summed E-state index contributed by atoms with van der Waals surface area (Å²) in [5, 5.41) is 0. The number of hydrogen-bond donors (Lipinski definition) is 1. The van der Waals surface area contributed by atoms with Crippen molar-refractivity contribution in [1.29, 1.82) is 0 Å². The molecule has 3 unspecified atom stereocenters. The lowest BCUT2D eigenvalue weighted by molar-refractivity contribution is 0.215. The minimum absolute atomic E-state index is 0.676. The highest BCUT2D eigenvalue weighted by molar-refractivity contribution is 4.91. The van der Waals surface area contributed by atoms with Crippen LogP contribution in [0.2, 0.25) is 0 Å². The van der Waals surface area contributed by atoms with Crippen molar-refractivity contribution in [2.45, 2.75) is 51.5 Å². The molecule has 1 heterocycles. The predicted molar refractivity (Wildman–Crippen MR) is 64.8 cm³/mol. The highest BCUT2D eigenvalue weighted by Gasteiger charge is 2.37. The molecule has 0 aromatic heterocycles. The van der Waals surface area contributed by atoms with E-state index < -0.39 is 0 Å². The molecule has 2 N–H and O–H groups in total. The van der Waals surface area contributed by atoms with Gasteiger partial charge in [0, 0.05) is 25.7 Å². The fourth-order valence-electron chi connectivity index (χ4n) is 3.46.